The highest BCUT2D eigenvalue weighted by Gasteiger charge is 2.25. The van der Waals surface area contributed by atoms with Gasteiger partial charge < -0.3 is 28.9 Å². The molecular weight excluding hydrogens is 560 g/mol. The van der Waals surface area contributed by atoms with Crippen LogP contribution in [-0.2, 0) is 25.7 Å². The fourth-order valence-electron chi connectivity index (χ4n) is 3.23. The van der Waals surface area contributed by atoms with Gasteiger partial charge in [-0.05, 0) is 45.0 Å². The van der Waals surface area contributed by atoms with Gasteiger partial charge in [-0.2, -0.15) is 0 Å². The molecular formula is C25H37BrN4O6Si. The first-order valence-corrected chi connectivity index (χ1v) is 16.5. The van der Waals surface area contributed by atoms with Crippen molar-refractivity contribution in [1.82, 2.24) is 14.9 Å². The molecule has 0 saturated carbocycles. The van der Waals surface area contributed by atoms with Gasteiger partial charge in [0, 0.05) is 43.0 Å². The minimum absolute atomic E-state index is 0.00770. The number of rotatable bonds is 11. The fourth-order valence-corrected chi connectivity index (χ4v) is 4.57. The fraction of sp³-hybridized carbons (Fsp3) is 0.520. The number of ether oxygens (including phenoxy) is 3. The molecule has 2 N–H and O–H groups in total. The Hall–Kier alpha value is -2.70. The van der Waals surface area contributed by atoms with E-state index in [0.717, 1.165) is 17.9 Å². The predicted molar refractivity (Wildman–Crippen MR) is 148 cm³/mol. The summed E-state index contributed by atoms with van der Waals surface area (Å²) in [5.41, 5.74) is 1.20. The molecule has 2 rings (SSSR count). The van der Waals surface area contributed by atoms with Gasteiger partial charge in [-0.25, -0.2) is 14.6 Å². The average molecular weight is 598 g/mol. The van der Waals surface area contributed by atoms with E-state index in [2.05, 4.69) is 50.9 Å². The lowest BCUT2D eigenvalue weighted by molar-refractivity contribution is -0.108. The summed E-state index contributed by atoms with van der Waals surface area (Å²) in [6, 6.07) is 5.53. The monoisotopic (exact) mass is 596 g/mol. The summed E-state index contributed by atoms with van der Waals surface area (Å²) in [5.74, 6) is 0.463. The highest BCUT2D eigenvalue weighted by molar-refractivity contribution is 9.10. The Kier molecular flexibility index (Phi) is 10.9. The number of hydrogen-bond donors (Lipinski definition) is 2. The van der Waals surface area contributed by atoms with Gasteiger partial charge in [0.25, 0.3) is 0 Å². The molecule has 37 heavy (non-hydrogen) atoms. The zero-order valence-electron chi connectivity index (χ0n) is 22.5. The van der Waals surface area contributed by atoms with Gasteiger partial charge in [0.1, 0.15) is 24.4 Å². The van der Waals surface area contributed by atoms with Crippen molar-refractivity contribution in [2.24, 2.45) is 0 Å². The van der Waals surface area contributed by atoms with Crippen molar-refractivity contribution in [2.75, 3.05) is 19.0 Å². The lowest BCUT2D eigenvalue weighted by atomic mass is 10.1. The maximum Gasteiger partial charge on any atom is 0.411 e. The number of nitrogens with one attached hydrogen (secondary N) is 2. The van der Waals surface area contributed by atoms with Crippen LogP contribution in [0.1, 0.15) is 39.1 Å². The number of methoxy groups -OCH3 is 1. The van der Waals surface area contributed by atoms with Gasteiger partial charge in [0.05, 0.1) is 18.8 Å². The number of benzene rings is 1. The smallest absolute Gasteiger partial charge is 0.411 e. The van der Waals surface area contributed by atoms with Crippen LogP contribution in [-0.4, -0.2) is 55.4 Å². The molecule has 0 aliphatic rings. The van der Waals surface area contributed by atoms with E-state index < -0.39 is 31.9 Å². The van der Waals surface area contributed by atoms with Crippen molar-refractivity contribution >= 4 is 48.2 Å². The number of aldehydes is 1. The van der Waals surface area contributed by atoms with E-state index >= 15 is 0 Å². The van der Waals surface area contributed by atoms with Crippen LogP contribution in [0.2, 0.25) is 25.7 Å². The number of carbonyl (C=O) groups excluding carboxylic acids is 3. The van der Waals surface area contributed by atoms with Crippen molar-refractivity contribution < 1.29 is 28.6 Å². The second kappa shape index (κ2) is 13.2. The molecule has 10 nitrogen and oxygen atoms in total. The summed E-state index contributed by atoms with van der Waals surface area (Å²) in [6.45, 7) is 12.9. The SMILES string of the molecule is COC(=O)Nc1ccc(-c2cn(COCC[Si](C)(C)C)c([C@H](CC=O)NC(=O)OC(C)(C)C)n2)c(Br)c1. The average Bonchev–Trinajstić information content (AvgIpc) is 3.18. The molecule has 0 radical (unpaired) electrons. The van der Waals surface area contributed by atoms with Crippen LogP contribution in [0.4, 0.5) is 15.3 Å². The largest absolute Gasteiger partial charge is 0.453 e. The number of halogens is 1. The highest BCUT2D eigenvalue weighted by Crippen LogP contribution is 2.32. The van der Waals surface area contributed by atoms with Gasteiger partial charge in [-0.15, -0.1) is 0 Å². The summed E-state index contributed by atoms with van der Waals surface area (Å²) >= 11 is 3.54. The van der Waals surface area contributed by atoms with E-state index in [1.807, 2.05) is 6.20 Å². The molecule has 0 bridgehead atoms. The predicted octanol–water partition coefficient (Wildman–Crippen LogP) is 5.96. The van der Waals surface area contributed by atoms with Crippen molar-refractivity contribution in [3.05, 3.63) is 34.7 Å². The minimum atomic E-state index is -1.28. The molecule has 0 spiro atoms. The van der Waals surface area contributed by atoms with Gasteiger partial charge in [-0.3, -0.25) is 5.32 Å². The standard InChI is InChI=1S/C25H37BrN4O6Si/c1-25(2,3)36-24(33)29-20(10-11-31)22-28-21(15-30(22)16-35-12-13-37(5,6)7)18-9-8-17(14-19(18)26)27-23(32)34-4/h8-9,11,14-15,20H,10,12-13,16H2,1-7H3,(H,27,32)(H,29,33)/t20-/m0/s1. The molecule has 2 aromatic rings. The quantitative estimate of drug-likeness (QED) is 0.186. The summed E-state index contributed by atoms with van der Waals surface area (Å²) in [4.78, 5) is 40.3. The minimum Gasteiger partial charge on any atom is -0.453 e. The molecule has 0 aliphatic heterocycles. The molecule has 204 valence electrons. The van der Waals surface area contributed by atoms with E-state index in [-0.39, 0.29) is 13.2 Å². The van der Waals surface area contributed by atoms with E-state index in [4.69, 9.17) is 14.5 Å². The van der Waals surface area contributed by atoms with Crippen molar-refractivity contribution in [1.29, 1.82) is 0 Å². The van der Waals surface area contributed by atoms with E-state index in [1.54, 1.807) is 43.5 Å². The molecule has 1 atom stereocenters. The number of hydrogen-bond acceptors (Lipinski definition) is 7. The molecule has 12 heteroatoms. The van der Waals surface area contributed by atoms with Crippen LogP contribution in [0, 0.1) is 0 Å². The van der Waals surface area contributed by atoms with Crippen LogP contribution in [0.3, 0.4) is 0 Å². The van der Waals surface area contributed by atoms with Crippen molar-refractivity contribution in [3.63, 3.8) is 0 Å². The summed E-state index contributed by atoms with van der Waals surface area (Å²) < 4.78 is 18.5. The normalized spacial score (nSPS) is 12.5. The molecule has 0 fully saturated rings. The first kappa shape index (κ1) is 30.5. The van der Waals surface area contributed by atoms with Crippen LogP contribution in [0.15, 0.2) is 28.9 Å². The van der Waals surface area contributed by atoms with Crippen LogP contribution in [0.25, 0.3) is 11.3 Å². The van der Waals surface area contributed by atoms with E-state index in [0.29, 0.717) is 28.3 Å². The first-order valence-electron chi connectivity index (χ1n) is 12.0. The van der Waals surface area contributed by atoms with E-state index in [1.165, 1.54) is 7.11 Å². The number of amides is 2. The Morgan fingerprint density at radius 1 is 1.22 bits per heavy atom. The van der Waals surface area contributed by atoms with Gasteiger partial charge in [0.15, 0.2) is 0 Å². The first-order chi connectivity index (χ1) is 17.2. The van der Waals surface area contributed by atoms with Gasteiger partial charge >= 0.3 is 12.2 Å². The van der Waals surface area contributed by atoms with E-state index in [9.17, 15) is 14.4 Å². The van der Waals surface area contributed by atoms with Crippen LogP contribution < -0.4 is 10.6 Å². The Bertz CT molecular complexity index is 1090. The maximum absolute atomic E-state index is 12.5. The number of nitrogens with zero attached hydrogens (tertiary/aromatic N) is 2. The molecule has 1 aromatic carbocycles. The third-order valence-electron chi connectivity index (χ3n) is 5.05. The third kappa shape index (κ3) is 10.3. The lowest BCUT2D eigenvalue weighted by Crippen LogP contribution is -2.36. The number of imidazole rings is 1. The number of carbonyl (C=O) groups is 3. The van der Waals surface area contributed by atoms with Crippen molar-refractivity contribution in [3.8, 4) is 11.3 Å². The second-order valence-corrected chi connectivity index (χ2v) is 17.2. The van der Waals surface area contributed by atoms with Gasteiger partial charge in [-0.1, -0.05) is 35.6 Å². The summed E-state index contributed by atoms with van der Waals surface area (Å²) in [5, 5.41) is 5.38. The van der Waals surface area contributed by atoms with Crippen LogP contribution in [0.5, 0.6) is 0 Å². The zero-order chi connectivity index (χ0) is 27.8. The summed E-state index contributed by atoms with van der Waals surface area (Å²) in [7, 11) is 0.0135. The number of alkyl carbamates (subject to hydrolysis) is 1. The second-order valence-electron chi connectivity index (χ2n) is 10.7. The maximum atomic E-state index is 12.5. The Labute approximate surface area is 227 Å². The highest BCUT2D eigenvalue weighted by atomic mass is 79.9. The Morgan fingerprint density at radius 3 is 2.49 bits per heavy atom. The number of aromatic nitrogens is 2. The topological polar surface area (TPSA) is 121 Å². The third-order valence-corrected chi connectivity index (χ3v) is 7.41. The van der Waals surface area contributed by atoms with Crippen LogP contribution >= 0.6 is 15.9 Å². The molecule has 0 saturated heterocycles. The van der Waals surface area contributed by atoms with Crippen molar-refractivity contribution in [2.45, 2.75) is 71.3 Å². The Morgan fingerprint density at radius 2 is 1.92 bits per heavy atom. The molecule has 2 amide bonds. The molecule has 0 aliphatic carbocycles. The molecule has 0 unspecified atom stereocenters. The number of anilines is 1. The zero-order valence-corrected chi connectivity index (χ0v) is 25.1. The lowest BCUT2D eigenvalue weighted by Gasteiger charge is -2.23. The Balaban J connectivity index is 2.40. The molecule has 1 heterocycles. The molecule has 1 aromatic heterocycles. The summed E-state index contributed by atoms with van der Waals surface area (Å²) in [6.07, 6.45) is 1.33. The van der Waals surface area contributed by atoms with Gasteiger partial charge in [0.2, 0.25) is 0 Å².